The van der Waals surface area contributed by atoms with Gasteiger partial charge in [-0.25, -0.2) is 9.48 Å². The van der Waals surface area contributed by atoms with E-state index in [1.807, 2.05) is 11.5 Å². The SMILES string of the molecule is Cc1nn(CC2CCC2)c(=O)n1C1CC1. The molecule has 2 aliphatic rings. The van der Waals surface area contributed by atoms with E-state index in [4.69, 9.17) is 0 Å². The van der Waals surface area contributed by atoms with Crippen LogP contribution in [0, 0.1) is 12.8 Å². The fraction of sp³-hybridized carbons (Fsp3) is 0.818. The summed E-state index contributed by atoms with van der Waals surface area (Å²) >= 11 is 0. The van der Waals surface area contributed by atoms with Gasteiger partial charge in [0.05, 0.1) is 0 Å². The second kappa shape index (κ2) is 3.22. The maximum Gasteiger partial charge on any atom is 0.346 e. The van der Waals surface area contributed by atoms with Crippen molar-refractivity contribution in [3.63, 3.8) is 0 Å². The molecule has 0 aromatic carbocycles. The van der Waals surface area contributed by atoms with Gasteiger partial charge >= 0.3 is 5.69 Å². The lowest BCUT2D eigenvalue weighted by molar-refractivity contribution is 0.262. The lowest BCUT2D eigenvalue weighted by atomic mass is 9.85. The molecule has 2 saturated carbocycles. The van der Waals surface area contributed by atoms with Gasteiger partial charge in [-0.15, -0.1) is 0 Å². The van der Waals surface area contributed by atoms with E-state index in [-0.39, 0.29) is 5.69 Å². The number of aromatic nitrogens is 3. The third-order valence-electron chi connectivity index (χ3n) is 3.61. The third kappa shape index (κ3) is 1.52. The molecule has 4 nitrogen and oxygen atoms in total. The molecule has 0 N–H and O–H groups in total. The van der Waals surface area contributed by atoms with Crippen molar-refractivity contribution < 1.29 is 0 Å². The van der Waals surface area contributed by atoms with Crippen molar-refractivity contribution in [2.75, 3.05) is 0 Å². The summed E-state index contributed by atoms with van der Waals surface area (Å²) in [6, 6.07) is 0.452. The topological polar surface area (TPSA) is 39.8 Å². The molecule has 2 fully saturated rings. The molecule has 0 atom stereocenters. The first kappa shape index (κ1) is 9.19. The second-order valence-corrected chi connectivity index (χ2v) is 4.91. The third-order valence-corrected chi connectivity index (χ3v) is 3.61. The molecule has 1 aromatic rings. The van der Waals surface area contributed by atoms with Gasteiger partial charge in [-0.3, -0.25) is 4.57 Å². The summed E-state index contributed by atoms with van der Waals surface area (Å²) in [6.45, 7) is 2.77. The van der Waals surface area contributed by atoms with E-state index in [1.54, 1.807) is 4.68 Å². The standard InChI is InChI=1S/C11H17N3O/c1-8-12-13(7-9-3-2-4-9)11(15)14(8)10-5-6-10/h9-10H,2-7H2,1H3. The molecule has 0 aliphatic heterocycles. The van der Waals surface area contributed by atoms with Crippen LogP contribution in [-0.4, -0.2) is 14.3 Å². The molecule has 82 valence electrons. The molecular weight excluding hydrogens is 190 g/mol. The highest BCUT2D eigenvalue weighted by Gasteiger charge is 2.29. The van der Waals surface area contributed by atoms with Crippen molar-refractivity contribution in [1.82, 2.24) is 14.3 Å². The van der Waals surface area contributed by atoms with E-state index in [0.717, 1.165) is 25.2 Å². The van der Waals surface area contributed by atoms with Crippen LogP contribution in [-0.2, 0) is 6.54 Å². The largest absolute Gasteiger partial charge is 0.346 e. The maximum atomic E-state index is 12.0. The molecule has 2 aliphatic carbocycles. The minimum absolute atomic E-state index is 0.113. The van der Waals surface area contributed by atoms with E-state index >= 15 is 0 Å². The van der Waals surface area contributed by atoms with Crippen LogP contribution in [0.2, 0.25) is 0 Å². The summed E-state index contributed by atoms with van der Waals surface area (Å²) < 4.78 is 3.55. The lowest BCUT2D eigenvalue weighted by Crippen LogP contribution is -2.29. The number of hydrogen-bond donors (Lipinski definition) is 0. The Labute approximate surface area is 88.9 Å². The number of aryl methyl sites for hydroxylation is 1. The van der Waals surface area contributed by atoms with Crippen LogP contribution in [0.1, 0.15) is 44.0 Å². The fourth-order valence-electron chi connectivity index (χ4n) is 2.32. The van der Waals surface area contributed by atoms with Gasteiger partial charge in [-0.1, -0.05) is 6.42 Å². The van der Waals surface area contributed by atoms with Crippen LogP contribution >= 0.6 is 0 Å². The summed E-state index contributed by atoms with van der Waals surface area (Å²) in [5.41, 5.74) is 0.113. The highest BCUT2D eigenvalue weighted by Crippen LogP contribution is 2.34. The van der Waals surface area contributed by atoms with Crippen molar-refractivity contribution in [3.05, 3.63) is 16.3 Å². The molecule has 0 radical (unpaired) electrons. The van der Waals surface area contributed by atoms with Crippen LogP contribution in [0.25, 0.3) is 0 Å². The Morgan fingerprint density at radius 2 is 2.07 bits per heavy atom. The molecule has 4 heteroatoms. The Morgan fingerprint density at radius 3 is 2.60 bits per heavy atom. The number of nitrogens with zero attached hydrogens (tertiary/aromatic N) is 3. The monoisotopic (exact) mass is 207 g/mol. The second-order valence-electron chi connectivity index (χ2n) is 4.91. The first-order chi connectivity index (χ1) is 7.25. The van der Waals surface area contributed by atoms with Gasteiger partial charge in [0, 0.05) is 12.6 Å². The van der Waals surface area contributed by atoms with Crippen LogP contribution in [0.3, 0.4) is 0 Å². The van der Waals surface area contributed by atoms with Crippen LogP contribution in [0.15, 0.2) is 4.79 Å². The summed E-state index contributed by atoms with van der Waals surface area (Å²) in [5, 5.41) is 4.36. The molecule has 15 heavy (non-hydrogen) atoms. The van der Waals surface area contributed by atoms with Crippen LogP contribution in [0.4, 0.5) is 0 Å². The van der Waals surface area contributed by atoms with Gasteiger partial charge in [0.25, 0.3) is 0 Å². The number of rotatable bonds is 3. The van der Waals surface area contributed by atoms with E-state index in [9.17, 15) is 4.79 Å². The zero-order chi connectivity index (χ0) is 10.4. The van der Waals surface area contributed by atoms with Gasteiger partial charge < -0.3 is 0 Å². The normalized spacial score (nSPS) is 21.7. The minimum atomic E-state index is 0.113. The molecule has 1 heterocycles. The molecule has 0 saturated heterocycles. The molecule has 3 rings (SSSR count). The quantitative estimate of drug-likeness (QED) is 0.753. The van der Waals surface area contributed by atoms with Crippen molar-refractivity contribution in [2.45, 2.75) is 51.6 Å². The van der Waals surface area contributed by atoms with Crippen molar-refractivity contribution in [1.29, 1.82) is 0 Å². The Morgan fingerprint density at radius 1 is 1.33 bits per heavy atom. The Balaban J connectivity index is 1.87. The molecule has 0 spiro atoms. The van der Waals surface area contributed by atoms with Gasteiger partial charge in [0.15, 0.2) is 0 Å². The first-order valence-electron chi connectivity index (χ1n) is 5.91. The maximum absolute atomic E-state index is 12.0. The van der Waals surface area contributed by atoms with Crippen LogP contribution < -0.4 is 5.69 Å². The highest BCUT2D eigenvalue weighted by molar-refractivity contribution is 4.94. The Hall–Kier alpha value is -1.06. The van der Waals surface area contributed by atoms with Gasteiger partial charge in [0.2, 0.25) is 0 Å². The molecule has 0 bridgehead atoms. The van der Waals surface area contributed by atoms with E-state index in [0.29, 0.717) is 12.0 Å². The fourth-order valence-corrected chi connectivity index (χ4v) is 2.32. The molecular formula is C11H17N3O. The average molecular weight is 207 g/mol. The Kier molecular flexibility index (Phi) is 1.97. The van der Waals surface area contributed by atoms with E-state index in [1.165, 1.54) is 19.3 Å². The molecule has 1 aromatic heterocycles. The van der Waals surface area contributed by atoms with E-state index in [2.05, 4.69) is 5.10 Å². The lowest BCUT2D eigenvalue weighted by Gasteiger charge is -2.24. The summed E-state index contributed by atoms with van der Waals surface area (Å²) in [6.07, 6.45) is 6.15. The molecule has 0 amide bonds. The smallest absolute Gasteiger partial charge is 0.276 e. The minimum Gasteiger partial charge on any atom is -0.276 e. The van der Waals surface area contributed by atoms with Gasteiger partial charge in [-0.05, 0) is 38.5 Å². The van der Waals surface area contributed by atoms with Crippen molar-refractivity contribution in [3.8, 4) is 0 Å². The van der Waals surface area contributed by atoms with Crippen molar-refractivity contribution in [2.24, 2.45) is 5.92 Å². The first-order valence-corrected chi connectivity index (χ1v) is 5.91. The summed E-state index contributed by atoms with van der Waals surface area (Å²) in [7, 11) is 0. The zero-order valence-electron chi connectivity index (χ0n) is 9.15. The predicted molar refractivity (Wildman–Crippen MR) is 56.8 cm³/mol. The molecule has 0 unspecified atom stereocenters. The summed E-state index contributed by atoms with van der Waals surface area (Å²) in [4.78, 5) is 12.0. The number of hydrogen-bond acceptors (Lipinski definition) is 2. The zero-order valence-corrected chi connectivity index (χ0v) is 9.15. The predicted octanol–water partition coefficient (Wildman–Crippen LogP) is 1.49. The Bertz CT molecular complexity index is 424. The van der Waals surface area contributed by atoms with Gasteiger partial charge in [-0.2, -0.15) is 5.10 Å². The highest BCUT2D eigenvalue weighted by atomic mass is 16.2. The average Bonchev–Trinajstić information content (AvgIpc) is 2.89. The van der Waals surface area contributed by atoms with Gasteiger partial charge in [0.1, 0.15) is 5.82 Å². The van der Waals surface area contributed by atoms with E-state index < -0.39 is 0 Å². The van der Waals surface area contributed by atoms with Crippen LogP contribution in [0.5, 0.6) is 0 Å². The van der Waals surface area contributed by atoms with Crippen molar-refractivity contribution >= 4 is 0 Å². The summed E-state index contributed by atoms with van der Waals surface area (Å²) in [5.74, 6) is 1.59.